The fourth-order valence-corrected chi connectivity index (χ4v) is 3.01. The molecule has 0 aliphatic carbocycles. The van der Waals surface area contributed by atoms with Crippen LogP contribution in [0.3, 0.4) is 0 Å². The topological polar surface area (TPSA) is 60.9 Å². The van der Waals surface area contributed by atoms with Crippen molar-refractivity contribution in [3.63, 3.8) is 0 Å². The van der Waals surface area contributed by atoms with Crippen molar-refractivity contribution in [2.75, 3.05) is 0 Å². The van der Waals surface area contributed by atoms with Crippen LogP contribution in [0.15, 0.2) is 24.4 Å². The summed E-state index contributed by atoms with van der Waals surface area (Å²) < 4.78 is 56.7. The number of hydrogen-bond donors (Lipinski definition) is 1. The van der Waals surface area contributed by atoms with E-state index in [1.54, 1.807) is 6.08 Å². The number of rotatable bonds is 3. The lowest BCUT2D eigenvalue weighted by Crippen LogP contribution is -2.17. The van der Waals surface area contributed by atoms with Crippen molar-refractivity contribution >= 4 is 12.0 Å². The lowest BCUT2D eigenvalue weighted by atomic mass is 10.0. The molecule has 24 heavy (non-hydrogen) atoms. The predicted molar refractivity (Wildman–Crippen MR) is 79.2 cm³/mol. The molecule has 0 aromatic carbocycles. The summed E-state index contributed by atoms with van der Waals surface area (Å²) in [4.78, 5) is 14.7. The third kappa shape index (κ3) is 2.68. The highest BCUT2D eigenvalue weighted by molar-refractivity contribution is 5.82. The molecule has 4 nitrogen and oxygen atoms in total. The maximum atomic E-state index is 14.1. The fraction of sp³-hybridized carbons (Fsp3) is 0.250. The molecule has 1 aliphatic heterocycles. The first-order chi connectivity index (χ1) is 11.3. The first-order valence-electron chi connectivity index (χ1n) is 7.19. The Morgan fingerprint density at radius 2 is 2.12 bits per heavy atom. The zero-order valence-corrected chi connectivity index (χ0v) is 12.4. The van der Waals surface area contributed by atoms with Gasteiger partial charge < -0.3 is 10.3 Å². The van der Waals surface area contributed by atoms with Gasteiger partial charge in [-0.2, -0.15) is 17.6 Å². The maximum absolute atomic E-state index is 14.1. The number of amides is 1. The van der Waals surface area contributed by atoms with E-state index in [0.29, 0.717) is 6.42 Å². The number of carbonyl (C=O) groups excluding carboxylic acids is 1. The van der Waals surface area contributed by atoms with Crippen molar-refractivity contribution in [3.8, 4) is 11.3 Å². The number of fused-ring (bicyclic) bond motifs is 1. The van der Waals surface area contributed by atoms with Crippen molar-refractivity contribution in [1.29, 1.82) is 0 Å². The second-order valence-corrected chi connectivity index (χ2v) is 5.41. The van der Waals surface area contributed by atoms with Crippen LogP contribution >= 0.6 is 0 Å². The molecule has 0 saturated carbocycles. The summed E-state index contributed by atoms with van der Waals surface area (Å²) in [6.07, 6.45) is -0.449. The zero-order chi connectivity index (χ0) is 17.5. The van der Waals surface area contributed by atoms with Crippen LogP contribution in [0.1, 0.15) is 23.2 Å². The van der Waals surface area contributed by atoms with Crippen LogP contribution < -0.4 is 5.73 Å². The minimum Gasteiger partial charge on any atom is -0.369 e. The molecule has 2 aromatic rings. The molecule has 126 valence electrons. The molecule has 2 aromatic heterocycles. The van der Waals surface area contributed by atoms with E-state index < -0.39 is 30.0 Å². The molecule has 3 heterocycles. The van der Waals surface area contributed by atoms with Crippen molar-refractivity contribution in [2.45, 2.75) is 25.6 Å². The lowest BCUT2D eigenvalue weighted by Gasteiger charge is -2.16. The van der Waals surface area contributed by atoms with Gasteiger partial charge in [-0.25, -0.2) is 4.98 Å². The van der Waals surface area contributed by atoms with Gasteiger partial charge in [0.25, 0.3) is 0 Å². The summed E-state index contributed by atoms with van der Waals surface area (Å²) >= 11 is 0. The van der Waals surface area contributed by atoms with E-state index in [0.717, 1.165) is 6.20 Å². The third-order valence-corrected chi connectivity index (χ3v) is 3.85. The van der Waals surface area contributed by atoms with E-state index in [1.807, 2.05) is 0 Å². The van der Waals surface area contributed by atoms with Gasteiger partial charge in [0, 0.05) is 18.4 Å². The molecule has 0 radical (unpaired) electrons. The number of hydrogen-bond acceptors (Lipinski definition) is 2. The van der Waals surface area contributed by atoms with Crippen LogP contribution in [0.2, 0.25) is 0 Å². The van der Waals surface area contributed by atoms with Crippen molar-refractivity contribution in [2.24, 2.45) is 5.73 Å². The lowest BCUT2D eigenvalue weighted by molar-refractivity contribution is -0.137. The number of nitrogens with two attached hydrogens (primary N) is 1. The average molecular weight is 339 g/mol. The number of pyridine rings is 1. The van der Waals surface area contributed by atoms with Gasteiger partial charge >= 0.3 is 6.18 Å². The van der Waals surface area contributed by atoms with E-state index in [9.17, 15) is 22.4 Å². The SMILES string of the molecule is NC(=O)Cc1c(C(F)(F)F)c(-c2cccnc2F)n2c1C=CCC2. The summed E-state index contributed by atoms with van der Waals surface area (Å²) in [6.45, 7) is 0.247. The molecule has 0 bridgehead atoms. The number of nitrogens with zero attached hydrogens (tertiary/aromatic N) is 2. The third-order valence-electron chi connectivity index (χ3n) is 3.85. The predicted octanol–water partition coefficient (Wildman–Crippen LogP) is 3.15. The Labute approximate surface area is 134 Å². The van der Waals surface area contributed by atoms with E-state index in [4.69, 9.17) is 5.73 Å². The molecule has 8 heteroatoms. The molecule has 0 fully saturated rings. The highest BCUT2D eigenvalue weighted by Crippen LogP contribution is 2.44. The molecule has 1 aliphatic rings. The van der Waals surface area contributed by atoms with E-state index in [1.165, 1.54) is 22.8 Å². The second kappa shape index (κ2) is 5.77. The van der Waals surface area contributed by atoms with Crippen molar-refractivity contribution in [3.05, 3.63) is 47.2 Å². The Kier molecular flexibility index (Phi) is 3.90. The van der Waals surface area contributed by atoms with E-state index in [-0.39, 0.29) is 29.1 Å². The second-order valence-electron chi connectivity index (χ2n) is 5.41. The van der Waals surface area contributed by atoms with E-state index >= 15 is 0 Å². The molecular weight excluding hydrogens is 326 g/mol. The molecule has 0 spiro atoms. The van der Waals surface area contributed by atoms with Gasteiger partial charge in [-0.3, -0.25) is 4.79 Å². The Hall–Kier alpha value is -2.64. The van der Waals surface area contributed by atoms with Gasteiger partial charge in [0.05, 0.1) is 23.2 Å². The standard InChI is InChI=1S/C16H13F4N3O/c17-15-9(4-3-6-22-15)14-13(16(18,19)20)10(8-12(21)24)11-5-1-2-7-23(11)14/h1,3-6H,2,7-8H2,(H2,21,24). The average Bonchev–Trinajstić information content (AvgIpc) is 2.82. The molecular formula is C16H13F4N3O. The molecule has 0 unspecified atom stereocenters. The quantitative estimate of drug-likeness (QED) is 0.690. The number of carbonyl (C=O) groups is 1. The highest BCUT2D eigenvalue weighted by atomic mass is 19.4. The van der Waals surface area contributed by atoms with E-state index in [2.05, 4.69) is 4.98 Å². The summed E-state index contributed by atoms with van der Waals surface area (Å²) in [5, 5.41) is 0. The maximum Gasteiger partial charge on any atom is 0.418 e. The van der Waals surface area contributed by atoms with Crippen LogP contribution in [-0.4, -0.2) is 15.5 Å². The first-order valence-corrected chi connectivity index (χ1v) is 7.19. The van der Waals surface area contributed by atoms with Crippen LogP contribution in [0, 0.1) is 5.95 Å². The van der Waals surface area contributed by atoms with Gasteiger partial charge in [0.2, 0.25) is 11.9 Å². The Balaban J connectivity index is 2.40. The molecule has 1 amide bonds. The van der Waals surface area contributed by atoms with Gasteiger partial charge in [0.1, 0.15) is 0 Å². The Bertz CT molecular complexity index is 837. The molecule has 2 N–H and O–H groups in total. The number of allylic oxidation sites excluding steroid dienone is 1. The number of halogens is 4. The van der Waals surface area contributed by atoms with Gasteiger partial charge in [-0.05, 0) is 30.2 Å². The van der Waals surface area contributed by atoms with Gasteiger partial charge in [0.15, 0.2) is 0 Å². The van der Waals surface area contributed by atoms with Crippen LogP contribution in [-0.2, 0) is 23.9 Å². The zero-order valence-electron chi connectivity index (χ0n) is 12.4. The number of aromatic nitrogens is 2. The Morgan fingerprint density at radius 1 is 1.38 bits per heavy atom. The summed E-state index contributed by atoms with van der Waals surface area (Å²) in [7, 11) is 0. The summed E-state index contributed by atoms with van der Waals surface area (Å²) in [6, 6.07) is 2.61. The first kappa shape index (κ1) is 16.2. The highest BCUT2D eigenvalue weighted by Gasteiger charge is 2.42. The monoisotopic (exact) mass is 339 g/mol. The summed E-state index contributed by atoms with van der Waals surface area (Å²) in [5.41, 5.74) is 3.52. The van der Waals surface area contributed by atoms with Crippen LogP contribution in [0.25, 0.3) is 17.3 Å². The van der Waals surface area contributed by atoms with Crippen LogP contribution in [0.4, 0.5) is 17.6 Å². The minimum atomic E-state index is -4.76. The Morgan fingerprint density at radius 3 is 2.75 bits per heavy atom. The normalized spacial score (nSPS) is 13.8. The van der Waals surface area contributed by atoms with Gasteiger partial charge in [-0.15, -0.1) is 0 Å². The van der Waals surface area contributed by atoms with Crippen molar-refractivity contribution < 1.29 is 22.4 Å². The number of primary amides is 1. The molecule has 0 atom stereocenters. The van der Waals surface area contributed by atoms with Crippen molar-refractivity contribution in [1.82, 2.24) is 9.55 Å². The smallest absolute Gasteiger partial charge is 0.369 e. The van der Waals surface area contributed by atoms with Gasteiger partial charge in [-0.1, -0.05) is 6.08 Å². The number of alkyl halides is 3. The van der Waals surface area contributed by atoms with Crippen LogP contribution in [0.5, 0.6) is 0 Å². The summed E-state index contributed by atoms with van der Waals surface area (Å²) in [5.74, 6) is -1.88. The largest absolute Gasteiger partial charge is 0.418 e. The fourth-order valence-electron chi connectivity index (χ4n) is 3.01. The molecule has 3 rings (SSSR count). The molecule has 0 saturated heterocycles. The minimum absolute atomic E-state index is 0.227.